The van der Waals surface area contributed by atoms with Crippen LogP contribution >= 0.6 is 11.6 Å². The fraction of sp³-hybridized carbons (Fsp3) is 0.172. The molecule has 1 heterocycles. The average Bonchev–Trinajstić information content (AvgIpc) is 3.51. The minimum Gasteiger partial charge on any atom is -0.465 e. The zero-order valence-electron chi connectivity index (χ0n) is 22.5. The van der Waals surface area contributed by atoms with Crippen LogP contribution in [-0.4, -0.2) is 63.0 Å². The van der Waals surface area contributed by atoms with Crippen molar-refractivity contribution in [1.29, 1.82) is 0 Å². The molecular weight excluding hydrogens is 562 g/mol. The summed E-state index contributed by atoms with van der Waals surface area (Å²) in [6.45, 7) is 0.354. The number of tetrazole rings is 1. The van der Waals surface area contributed by atoms with Gasteiger partial charge in [-0.3, -0.25) is 14.9 Å². The van der Waals surface area contributed by atoms with Gasteiger partial charge >= 0.3 is 6.09 Å². The molecule has 0 aliphatic carbocycles. The molecule has 4 aromatic rings. The van der Waals surface area contributed by atoms with Crippen molar-refractivity contribution in [2.45, 2.75) is 18.9 Å². The van der Waals surface area contributed by atoms with E-state index < -0.39 is 23.9 Å². The number of carbonyl (C=O) groups excluding carboxylic acids is 2. The summed E-state index contributed by atoms with van der Waals surface area (Å²) in [5.74, 6) is -0.954. The smallest absolute Gasteiger partial charge is 0.409 e. The van der Waals surface area contributed by atoms with Crippen molar-refractivity contribution in [2.75, 3.05) is 24.4 Å². The van der Waals surface area contributed by atoms with Gasteiger partial charge in [-0.15, -0.1) is 5.10 Å². The Kier molecular flexibility index (Phi) is 10.3. The van der Waals surface area contributed by atoms with Gasteiger partial charge in [0.25, 0.3) is 0 Å². The molecule has 0 radical (unpaired) electrons. The lowest BCUT2D eigenvalue weighted by atomic mass is 10.0. The van der Waals surface area contributed by atoms with E-state index in [1.165, 1.54) is 17.1 Å². The van der Waals surface area contributed by atoms with Gasteiger partial charge < -0.3 is 20.5 Å². The van der Waals surface area contributed by atoms with Crippen molar-refractivity contribution in [3.8, 4) is 5.69 Å². The zero-order chi connectivity index (χ0) is 29.9. The van der Waals surface area contributed by atoms with Crippen LogP contribution in [0.1, 0.15) is 16.7 Å². The first kappa shape index (κ1) is 29.9. The molecule has 0 aliphatic rings. The summed E-state index contributed by atoms with van der Waals surface area (Å²) in [6.07, 6.45) is 3.74. The van der Waals surface area contributed by atoms with Crippen LogP contribution in [0.4, 0.5) is 16.2 Å². The van der Waals surface area contributed by atoms with Gasteiger partial charge in [0, 0.05) is 41.6 Å². The molecule has 0 saturated heterocycles. The van der Waals surface area contributed by atoms with Gasteiger partial charge in [-0.25, -0.2) is 4.79 Å². The van der Waals surface area contributed by atoms with E-state index in [1.807, 2.05) is 30.3 Å². The maximum absolute atomic E-state index is 13.4. The van der Waals surface area contributed by atoms with Crippen LogP contribution in [0.5, 0.6) is 0 Å². The molecule has 42 heavy (non-hydrogen) atoms. The van der Waals surface area contributed by atoms with Crippen LogP contribution in [-0.2, 0) is 27.2 Å². The fourth-order valence-corrected chi connectivity index (χ4v) is 4.32. The monoisotopic (exact) mass is 589 g/mol. The van der Waals surface area contributed by atoms with Crippen LogP contribution in [0.2, 0.25) is 5.02 Å². The third-order valence-corrected chi connectivity index (χ3v) is 6.34. The Hall–Kier alpha value is -5.07. The molecule has 0 unspecified atom stereocenters. The average molecular weight is 590 g/mol. The first-order valence-corrected chi connectivity index (χ1v) is 13.2. The van der Waals surface area contributed by atoms with Crippen LogP contribution in [0, 0.1) is 0 Å². The standard InChI is InChI=1S/C29H28ClN7O5/c1-42-14-13-20-17-23(9-10-24(20)34-29(40)41)32-28(39)25(15-19-5-3-2-4-6-19)33-27(38)12-7-21-16-22(30)8-11-26(21)37-18-31-35-36-37/h2-12,16-18,25,34H,13-15H2,1H3,(H,32,39)(H,33,38)(H,40,41)/t25-/m0/s1. The summed E-state index contributed by atoms with van der Waals surface area (Å²) in [5, 5.41) is 28.8. The van der Waals surface area contributed by atoms with Crippen LogP contribution < -0.4 is 16.0 Å². The third-order valence-electron chi connectivity index (χ3n) is 6.11. The highest BCUT2D eigenvalue weighted by Crippen LogP contribution is 2.23. The summed E-state index contributed by atoms with van der Waals surface area (Å²) < 4.78 is 6.57. The first-order chi connectivity index (χ1) is 20.3. The molecule has 0 aliphatic heterocycles. The highest BCUT2D eigenvalue weighted by atomic mass is 35.5. The second-order valence-corrected chi connectivity index (χ2v) is 9.51. The van der Waals surface area contributed by atoms with E-state index in [4.69, 9.17) is 21.4 Å². The molecule has 0 bridgehead atoms. The normalized spacial score (nSPS) is 11.7. The Morgan fingerprint density at radius 3 is 2.60 bits per heavy atom. The lowest BCUT2D eigenvalue weighted by Crippen LogP contribution is -2.44. The number of benzene rings is 3. The summed E-state index contributed by atoms with van der Waals surface area (Å²) in [6, 6.07) is 18.2. The molecule has 1 atom stereocenters. The number of amides is 3. The predicted molar refractivity (Wildman–Crippen MR) is 158 cm³/mol. The molecule has 13 heteroatoms. The summed E-state index contributed by atoms with van der Waals surface area (Å²) in [5.41, 5.74) is 3.52. The molecule has 3 amide bonds. The molecule has 4 N–H and O–H groups in total. The minimum atomic E-state index is -1.20. The Morgan fingerprint density at radius 2 is 1.88 bits per heavy atom. The number of nitrogens with one attached hydrogen (secondary N) is 3. The fourth-order valence-electron chi connectivity index (χ4n) is 4.14. The lowest BCUT2D eigenvalue weighted by molar-refractivity contribution is -0.123. The largest absolute Gasteiger partial charge is 0.465 e. The van der Waals surface area contributed by atoms with Gasteiger partial charge in [-0.1, -0.05) is 41.9 Å². The Morgan fingerprint density at radius 1 is 1.07 bits per heavy atom. The maximum atomic E-state index is 13.4. The lowest BCUT2D eigenvalue weighted by Gasteiger charge is -2.19. The second kappa shape index (κ2) is 14.5. The number of halogens is 1. The van der Waals surface area contributed by atoms with Gasteiger partial charge in [0.15, 0.2) is 0 Å². The van der Waals surface area contributed by atoms with Crippen molar-refractivity contribution < 1.29 is 24.2 Å². The topological polar surface area (TPSA) is 160 Å². The maximum Gasteiger partial charge on any atom is 0.409 e. The van der Waals surface area contributed by atoms with Crippen LogP contribution in [0.15, 0.2) is 79.1 Å². The van der Waals surface area contributed by atoms with Gasteiger partial charge in [0.1, 0.15) is 12.4 Å². The number of hydrogen-bond donors (Lipinski definition) is 4. The number of aromatic nitrogens is 4. The van der Waals surface area contributed by atoms with E-state index in [9.17, 15) is 14.4 Å². The molecule has 0 saturated carbocycles. The number of carboxylic acid groups (broad SMARTS) is 1. The molecular formula is C29H28ClN7O5. The molecule has 0 spiro atoms. The predicted octanol–water partition coefficient (Wildman–Crippen LogP) is 3.97. The molecule has 0 fully saturated rings. The van der Waals surface area contributed by atoms with E-state index in [1.54, 1.807) is 49.6 Å². The number of anilines is 2. The van der Waals surface area contributed by atoms with Crippen molar-refractivity contribution >= 4 is 47.0 Å². The summed E-state index contributed by atoms with van der Waals surface area (Å²) in [4.78, 5) is 37.7. The number of methoxy groups -OCH3 is 1. The number of ether oxygens (including phenoxy) is 1. The first-order valence-electron chi connectivity index (χ1n) is 12.8. The van der Waals surface area contributed by atoms with E-state index in [0.717, 1.165) is 5.56 Å². The van der Waals surface area contributed by atoms with E-state index in [-0.39, 0.29) is 6.42 Å². The Balaban J connectivity index is 1.54. The van der Waals surface area contributed by atoms with E-state index in [0.29, 0.717) is 46.2 Å². The van der Waals surface area contributed by atoms with Crippen molar-refractivity contribution in [3.05, 3.63) is 101 Å². The van der Waals surface area contributed by atoms with Crippen LogP contribution in [0.3, 0.4) is 0 Å². The highest BCUT2D eigenvalue weighted by Gasteiger charge is 2.21. The summed E-state index contributed by atoms with van der Waals surface area (Å²) in [7, 11) is 1.54. The number of rotatable bonds is 12. The summed E-state index contributed by atoms with van der Waals surface area (Å²) >= 11 is 6.17. The number of carbonyl (C=O) groups is 3. The SMILES string of the molecule is COCCc1cc(NC(=O)[C@H](Cc2ccccc2)NC(=O)C=Cc2cc(Cl)ccc2-n2cnnn2)ccc1NC(=O)O. The number of hydrogen-bond acceptors (Lipinski definition) is 7. The molecule has 12 nitrogen and oxygen atoms in total. The molecule has 216 valence electrons. The Labute approximate surface area is 246 Å². The van der Waals surface area contributed by atoms with Crippen molar-refractivity contribution in [2.24, 2.45) is 0 Å². The highest BCUT2D eigenvalue weighted by molar-refractivity contribution is 6.30. The number of nitrogens with zero attached hydrogens (tertiary/aromatic N) is 4. The quantitative estimate of drug-likeness (QED) is 0.181. The van der Waals surface area contributed by atoms with Gasteiger partial charge in [0.2, 0.25) is 11.8 Å². The minimum absolute atomic E-state index is 0.231. The van der Waals surface area contributed by atoms with Gasteiger partial charge in [-0.2, -0.15) is 4.68 Å². The van der Waals surface area contributed by atoms with Crippen LogP contribution in [0.25, 0.3) is 11.8 Å². The van der Waals surface area contributed by atoms with Gasteiger partial charge in [0.05, 0.1) is 12.3 Å². The van der Waals surface area contributed by atoms with Crippen molar-refractivity contribution in [3.63, 3.8) is 0 Å². The second-order valence-electron chi connectivity index (χ2n) is 9.08. The molecule has 3 aromatic carbocycles. The van der Waals surface area contributed by atoms with E-state index in [2.05, 4.69) is 31.5 Å². The molecule has 4 rings (SSSR count). The van der Waals surface area contributed by atoms with Gasteiger partial charge in [-0.05, 0) is 70.4 Å². The Bertz CT molecular complexity index is 1560. The zero-order valence-corrected chi connectivity index (χ0v) is 23.3. The van der Waals surface area contributed by atoms with E-state index >= 15 is 0 Å². The van der Waals surface area contributed by atoms with Crippen molar-refractivity contribution in [1.82, 2.24) is 25.5 Å². The molecule has 1 aromatic heterocycles. The third kappa shape index (κ3) is 8.46.